The fraction of sp³-hybridized carbons (Fsp3) is 0.375. The standard InChI is InChI=1S/C24H27FN4O3/c1-24(2,32)16-7-3-4-8-18(16)27-22(30)15-10-11-17(25)19(13-15)28-23(31)20-14-26-21-9-5-6-12-29(20)21/h5-6,9-14,16,18,32H,3-4,7-8H2,1-2H3,(H,27,30)(H,28,31)/t16-,18+/m1/s1. The van der Waals surface area contributed by atoms with Crippen LogP contribution in [0.3, 0.4) is 0 Å². The van der Waals surface area contributed by atoms with Crippen molar-refractivity contribution in [2.75, 3.05) is 5.32 Å². The highest BCUT2D eigenvalue weighted by molar-refractivity contribution is 6.04. The Kier molecular flexibility index (Phi) is 5.97. The van der Waals surface area contributed by atoms with Gasteiger partial charge in [-0.05, 0) is 57.0 Å². The van der Waals surface area contributed by atoms with E-state index in [2.05, 4.69) is 15.6 Å². The van der Waals surface area contributed by atoms with Crippen molar-refractivity contribution in [3.05, 3.63) is 65.9 Å². The molecular weight excluding hydrogens is 411 g/mol. The van der Waals surface area contributed by atoms with Crippen LogP contribution < -0.4 is 10.6 Å². The van der Waals surface area contributed by atoms with Crippen LogP contribution in [0, 0.1) is 11.7 Å². The molecule has 32 heavy (non-hydrogen) atoms. The molecule has 4 rings (SSSR count). The number of halogens is 1. The molecule has 7 nitrogen and oxygen atoms in total. The Balaban J connectivity index is 1.52. The molecule has 3 aromatic rings. The van der Waals surface area contributed by atoms with Gasteiger partial charge in [0, 0.05) is 23.7 Å². The van der Waals surface area contributed by atoms with E-state index >= 15 is 0 Å². The van der Waals surface area contributed by atoms with Crippen molar-refractivity contribution in [2.45, 2.75) is 51.2 Å². The zero-order chi connectivity index (χ0) is 22.9. The average molecular weight is 439 g/mol. The minimum atomic E-state index is -0.908. The summed E-state index contributed by atoms with van der Waals surface area (Å²) in [7, 11) is 0. The summed E-state index contributed by atoms with van der Waals surface area (Å²) in [6.45, 7) is 3.52. The number of rotatable bonds is 5. The van der Waals surface area contributed by atoms with Gasteiger partial charge in [-0.1, -0.05) is 18.9 Å². The van der Waals surface area contributed by atoms with Gasteiger partial charge in [-0.3, -0.25) is 14.0 Å². The lowest BCUT2D eigenvalue weighted by Crippen LogP contribution is -2.50. The van der Waals surface area contributed by atoms with Crippen LogP contribution in [0.4, 0.5) is 10.1 Å². The summed E-state index contributed by atoms with van der Waals surface area (Å²) in [6, 6.07) is 9.04. The van der Waals surface area contributed by atoms with E-state index in [0.717, 1.165) is 31.7 Å². The van der Waals surface area contributed by atoms with Gasteiger partial charge in [0.1, 0.15) is 17.2 Å². The van der Waals surface area contributed by atoms with Crippen LogP contribution in [-0.4, -0.2) is 37.9 Å². The van der Waals surface area contributed by atoms with Gasteiger partial charge in [-0.15, -0.1) is 0 Å². The van der Waals surface area contributed by atoms with Crippen molar-refractivity contribution in [3.8, 4) is 0 Å². The first-order chi connectivity index (χ1) is 15.2. The number of carbonyl (C=O) groups is 2. The van der Waals surface area contributed by atoms with Crippen LogP contribution >= 0.6 is 0 Å². The molecule has 8 heteroatoms. The number of amides is 2. The van der Waals surface area contributed by atoms with E-state index < -0.39 is 17.3 Å². The molecule has 2 atom stereocenters. The average Bonchev–Trinajstić information content (AvgIpc) is 3.19. The fourth-order valence-electron chi connectivity index (χ4n) is 4.45. The third kappa shape index (κ3) is 4.50. The van der Waals surface area contributed by atoms with Gasteiger partial charge < -0.3 is 15.7 Å². The predicted molar refractivity (Wildman–Crippen MR) is 119 cm³/mol. The lowest BCUT2D eigenvalue weighted by Gasteiger charge is -2.39. The molecule has 1 aliphatic rings. The quantitative estimate of drug-likeness (QED) is 0.565. The number of benzene rings is 1. The van der Waals surface area contributed by atoms with Gasteiger partial charge in [0.15, 0.2) is 0 Å². The van der Waals surface area contributed by atoms with E-state index in [1.165, 1.54) is 18.3 Å². The maximum atomic E-state index is 14.4. The normalized spacial score (nSPS) is 19.0. The molecule has 2 aromatic heterocycles. The summed E-state index contributed by atoms with van der Waals surface area (Å²) in [5.74, 6) is -1.60. The molecule has 0 spiro atoms. The molecule has 0 aliphatic heterocycles. The number of anilines is 1. The zero-order valence-electron chi connectivity index (χ0n) is 18.1. The molecule has 3 N–H and O–H groups in total. The minimum Gasteiger partial charge on any atom is -0.390 e. The minimum absolute atomic E-state index is 0.0602. The second kappa shape index (κ2) is 8.70. The van der Waals surface area contributed by atoms with E-state index in [4.69, 9.17) is 0 Å². The summed E-state index contributed by atoms with van der Waals surface area (Å²) in [6.07, 6.45) is 6.70. The summed E-state index contributed by atoms with van der Waals surface area (Å²) < 4.78 is 16.0. The van der Waals surface area contributed by atoms with Crippen molar-refractivity contribution < 1.29 is 19.1 Å². The van der Waals surface area contributed by atoms with Gasteiger partial charge in [0.05, 0.1) is 17.5 Å². The van der Waals surface area contributed by atoms with Crippen molar-refractivity contribution in [3.63, 3.8) is 0 Å². The van der Waals surface area contributed by atoms with Crippen LogP contribution in [0.5, 0.6) is 0 Å². The first-order valence-electron chi connectivity index (χ1n) is 10.8. The SMILES string of the molecule is CC(C)(O)[C@@H]1CCCC[C@@H]1NC(=O)c1ccc(F)c(NC(=O)c2cnc3ccccn23)c1. The third-order valence-corrected chi connectivity index (χ3v) is 6.12. The lowest BCUT2D eigenvalue weighted by atomic mass is 9.75. The van der Waals surface area contributed by atoms with Gasteiger partial charge in [0.25, 0.3) is 11.8 Å². The van der Waals surface area contributed by atoms with Crippen molar-refractivity contribution in [2.24, 2.45) is 5.92 Å². The van der Waals surface area contributed by atoms with Gasteiger partial charge >= 0.3 is 0 Å². The smallest absolute Gasteiger partial charge is 0.274 e. The number of nitrogens with zero attached hydrogens (tertiary/aromatic N) is 2. The molecule has 0 unspecified atom stereocenters. The number of carbonyl (C=O) groups excluding carboxylic acids is 2. The largest absolute Gasteiger partial charge is 0.390 e. The first-order valence-corrected chi connectivity index (χ1v) is 10.8. The Bertz CT molecular complexity index is 1150. The highest BCUT2D eigenvalue weighted by Gasteiger charge is 2.36. The first kappa shape index (κ1) is 22.0. The van der Waals surface area contributed by atoms with Crippen molar-refractivity contribution in [1.82, 2.24) is 14.7 Å². The highest BCUT2D eigenvalue weighted by atomic mass is 19.1. The topological polar surface area (TPSA) is 95.7 Å². The van der Waals surface area contributed by atoms with Crippen LogP contribution in [0.1, 0.15) is 60.4 Å². The van der Waals surface area contributed by atoms with Gasteiger partial charge in [-0.25, -0.2) is 9.37 Å². The van der Waals surface area contributed by atoms with Crippen molar-refractivity contribution in [1.29, 1.82) is 0 Å². The molecule has 168 valence electrons. The number of hydrogen-bond donors (Lipinski definition) is 3. The van der Waals surface area contributed by atoms with Crippen LogP contribution in [0.25, 0.3) is 5.65 Å². The molecule has 0 radical (unpaired) electrons. The Labute approximate surface area is 185 Å². The second-order valence-electron chi connectivity index (χ2n) is 8.85. The van der Waals surface area contributed by atoms with E-state index in [-0.39, 0.29) is 34.8 Å². The molecular formula is C24H27FN4O3. The van der Waals surface area contributed by atoms with E-state index in [1.807, 2.05) is 0 Å². The maximum Gasteiger partial charge on any atom is 0.274 e. The predicted octanol–water partition coefficient (Wildman–Crippen LogP) is 3.79. The number of aliphatic hydroxyl groups is 1. The van der Waals surface area contributed by atoms with Crippen LogP contribution in [-0.2, 0) is 0 Å². The summed E-state index contributed by atoms with van der Waals surface area (Å²) in [4.78, 5) is 29.8. The Hall–Kier alpha value is -3.26. The Morgan fingerprint density at radius 2 is 1.94 bits per heavy atom. The number of imidazole rings is 1. The number of fused-ring (bicyclic) bond motifs is 1. The van der Waals surface area contributed by atoms with Gasteiger partial charge in [-0.2, -0.15) is 0 Å². The maximum absolute atomic E-state index is 14.4. The molecule has 1 saturated carbocycles. The van der Waals surface area contributed by atoms with E-state index in [0.29, 0.717) is 5.65 Å². The number of pyridine rings is 1. The molecule has 1 fully saturated rings. The molecule has 0 bridgehead atoms. The molecule has 1 aromatic carbocycles. The van der Waals surface area contributed by atoms with E-state index in [1.54, 1.807) is 42.6 Å². The Morgan fingerprint density at radius 1 is 1.16 bits per heavy atom. The van der Waals surface area contributed by atoms with Crippen LogP contribution in [0.15, 0.2) is 48.8 Å². The Morgan fingerprint density at radius 3 is 2.72 bits per heavy atom. The molecule has 1 aliphatic carbocycles. The third-order valence-electron chi connectivity index (χ3n) is 6.12. The second-order valence-corrected chi connectivity index (χ2v) is 8.85. The monoisotopic (exact) mass is 438 g/mol. The summed E-state index contributed by atoms with van der Waals surface area (Å²) in [5.41, 5.74) is 0.0928. The summed E-state index contributed by atoms with van der Waals surface area (Å²) in [5, 5.41) is 16.0. The van der Waals surface area contributed by atoms with Gasteiger partial charge in [0.2, 0.25) is 0 Å². The number of aromatic nitrogens is 2. The number of nitrogens with one attached hydrogen (secondary N) is 2. The molecule has 2 heterocycles. The molecule has 0 saturated heterocycles. The van der Waals surface area contributed by atoms with Crippen LogP contribution in [0.2, 0.25) is 0 Å². The lowest BCUT2D eigenvalue weighted by molar-refractivity contribution is -0.0140. The number of hydrogen-bond acceptors (Lipinski definition) is 4. The van der Waals surface area contributed by atoms with Crippen molar-refractivity contribution >= 4 is 23.1 Å². The molecule has 2 amide bonds. The zero-order valence-corrected chi connectivity index (χ0v) is 18.1. The summed E-state index contributed by atoms with van der Waals surface area (Å²) >= 11 is 0. The fourth-order valence-corrected chi connectivity index (χ4v) is 4.45. The van der Waals surface area contributed by atoms with E-state index in [9.17, 15) is 19.1 Å². The highest BCUT2D eigenvalue weighted by Crippen LogP contribution is 2.33.